The molecule has 0 bridgehead atoms. The zero-order chi connectivity index (χ0) is 17.6. The second-order valence-corrected chi connectivity index (χ2v) is 5.44. The Labute approximate surface area is 145 Å². The molecule has 0 aliphatic carbocycles. The van der Waals surface area contributed by atoms with Crippen LogP contribution in [0.15, 0.2) is 72.8 Å². The highest BCUT2D eigenvalue weighted by atomic mass is 16.6. The average molecular weight is 335 g/mol. The van der Waals surface area contributed by atoms with Gasteiger partial charge in [0.15, 0.2) is 0 Å². The lowest BCUT2D eigenvalue weighted by Crippen LogP contribution is -1.98. The number of nitrogen functional groups attached to an aromatic ring is 1. The van der Waals surface area contributed by atoms with Crippen molar-refractivity contribution in [3.63, 3.8) is 0 Å². The standard InChI is InChI=1S/C19H17N3O3/c20-18-12-17(10-11-19(18)22(23)24)25-16-8-6-15(7-9-16)21-13-14-4-2-1-3-5-14/h1-12,21H,13,20H2. The largest absolute Gasteiger partial charge is 0.457 e. The van der Waals surface area contributed by atoms with E-state index in [0.29, 0.717) is 11.5 Å². The van der Waals surface area contributed by atoms with Crippen LogP contribution in [0.25, 0.3) is 0 Å². The van der Waals surface area contributed by atoms with Crippen molar-refractivity contribution in [2.75, 3.05) is 11.1 Å². The monoisotopic (exact) mass is 335 g/mol. The third-order valence-corrected chi connectivity index (χ3v) is 3.63. The topological polar surface area (TPSA) is 90.4 Å². The molecule has 0 fully saturated rings. The summed E-state index contributed by atoms with van der Waals surface area (Å²) in [6, 6.07) is 21.9. The van der Waals surface area contributed by atoms with E-state index in [1.807, 2.05) is 42.5 Å². The fourth-order valence-corrected chi connectivity index (χ4v) is 2.34. The number of nitrogens with zero attached hydrogens (tertiary/aromatic N) is 1. The van der Waals surface area contributed by atoms with Crippen molar-refractivity contribution >= 4 is 17.1 Å². The molecule has 3 rings (SSSR count). The van der Waals surface area contributed by atoms with Gasteiger partial charge in [-0.1, -0.05) is 30.3 Å². The van der Waals surface area contributed by atoms with Crippen LogP contribution in [-0.4, -0.2) is 4.92 Å². The van der Waals surface area contributed by atoms with Gasteiger partial charge in [0.05, 0.1) is 4.92 Å². The average Bonchev–Trinajstić information content (AvgIpc) is 2.62. The molecule has 0 saturated heterocycles. The van der Waals surface area contributed by atoms with Crippen LogP contribution < -0.4 is 15.8 Å². The van der Waals surface area contributed by atoms with Crippen LogP contribution >= 0.6 is 0 Å². The van der Waals surface area contributed by atoms with Gasteiger partial charge in [-0.2, -0.15) is 0 Å². The highest BCUT2D eigenvalue weighted by Gasteiger charge is 2.11. The Bertz CT molecular complexity index is 865. The molecule has 0 saturated carbocycles. The van der Waals surface area contributed by atoms with E-state index >= 15 is 0 Å². The summed E-state index contributed by atoms with van der Waals surface area (Å²) in [6.45, 7) is 0.736. The SMILES string of the molecule is Nc1cc(Oc2ccc(NCc3ccccc3)cc2)ccc1[N+](=O)[O-]. The highest BCUT2D eigenvalue weighted by molar-refractivity contribution is 5.61. The molecule has 0 unspecified atom stereocenters. The first kappa shape index (κ1) is 16.3. The van der Waals surface area contributed by atoms with E-state index in [0.717, 1.165) is 12.2 Å². The second kappa shape index (κ2) is 7.35. The Kier molecular flexibility index (Phi) is 4.80. The van der Waals surface area contributed by atoms with Gasteiger partial charge < -0.3 is 15.8 Å². The van der Waals surface area contributed by atoms with Crippen LogP contribution in [0.4, 0.5) is 17.1 Å². The molecule has 0 radical (unpaired) electrons. The minimum Gasteiger partial charge on any atom is -0.457 e. The molecule has 0 aromatic heterocycles. The minimum absolute atomic E-state index is 0.0728. The third kappa shape index (κ3) is 4.26. The van der Waals surface area contributed by atoms with Crippen LogP contribution in [0.2, 0.25) is 0 Å². The van der Waals surface area contributed by atoms with Gasteiger partial charge in [-0.15, -0.1) is 0 Å². The van der Waals surface area contributed by atoms with E-state index in [9.17, 15) is 10.1 Å². The van der Waals surface area contributed by atoms with Crippen molar-refractivity contribution in [3.05, 3.63) is 88.5 Å². The lowest BCUT2D eigenvalue weighted by molar-refractivity contribution is -0.383. The maximum absolute atomic E-state index is 10.8. The van der Waals surface area contributed by atoms with Crippen LogP contribution in [0.3, 0.4) is 0 Å². The highest BCUT2D eigenvalue weighted by Crippen LogP contribution is 2.29. The van der Waals surface area contributed by atoms with Crippen molar-refractivity contribution < 1.29 is 9.66 Å². The maximum atomic E-state index is 10.8. The van der Waals surface area contributed by atoms with Gasteiger partial charge in [0, 0.05) is 24.4 Å². The Morgan fingerprint density at radius 2 is 1.64 bits per heavy atom. The summed E-state index contributed by atoms with van der Waals surface area (Å²) in [7, 11) is 0. The zero-order valence-electron chi connectivity index (χ0n) is 13.4. The Balaban J connectivity index is 1.62. The van der Waals surface area contributed by atoms with E-state index in [2.05, 4.69) is 17.4 Å². The lowest BCUT2D eigenvalue weighted by atomic mass is 10.2. The molecule has 3 aromatic carbocycles. The van der Waals surface area contributed by atoms with Gasteiger partial charge in [-0.25, -0.2) is 0 Å². The molecule has 3 aromatic rings. The van der Waals surface area contributed by atoms with Gasteiger partial charge in [-0.05, 0) is 35.9 Å². The van der Waals surface area contributed by atoms with Crippen molar-refractivity contribution in [2.24, 2.45) is 0 Å². The molecule has 25 heavy (non-hydrogen) atoms. The molecular formula is C19H17N3O3. The van der Waals surface area contributed by atoms with Gasteiger partial charge in [0.1, 0.15) is 17.2 Å². The summed E-state index contributed by atoms with van der Waals surface area (Å²) in [6.07, 6.45) is 0. The van der Waals surface area contributed by atoms with Gasteiger partial charge >= 0.3 is 0 Å². The van der Waals surface area contributed by atoms with Crippen molar-refractivity contribution in [3.8, 4) is 11.5 Å². The van der Waals surface area contributed by atoms with E-state index in [-0.39, 0.29) is 11.4 Å². The molecule has 6 heteroatoms. The zero-order valence-corrected chi connectivity index (χ0v) is 13.4. The van der Waals surface area contributed by atoms with E-state index in [1.54, 1.807) is 0 Å². The van der Waals surface area contributed by atoms with Crippen LogP contribution in [0, 0.1) is 10.1 Å². The summed E-state index contributed by atoms with van der Waals surface area (Å²) >= 11 is 0. The molecule has 126 valence electrons. The first-order valence-corrected chi connectivity index (χ1v) is 7.71. The van der Waals surface area contributed by atoms with Gasteiger partial charge in [0.2, 0.25) is 0 Å². The minimum atomic E-state index is -0.522. The van der Waals surface area contributed by atoms with E-state index in [1.165, 1.54) is 23.8 Å². The summed E-state index contributed by atoms with van der Waals surface area (Å²) < 4.78 is 5.68. The molecule has 6 nitrogen and oxygen atoms in total. The molecule has 0 aliphatic heterocycles. The fourth-order valence-electron chi connectivity index (χ4n) is 2.34. The van der Waals surface area contributed by atoms with Crippen molar-refractivity contribution in [2.45, 2.75) is 6.54 Å². The smallest absolute Gasteiger partial charge is 0.292 e. The van der Waals surface area contributed by atoms with Gasteiger partial charge in [-0.3, -0.25) is 10.1 Å². The van der Waals surface area contributed by atoms with Crippen LogP contribution in [-0.2, 0) is 6.54 Å². The number of nitrogens with one attached hydrogen (secondary N) is 1. The van der Waals surface area contributed by atoms with E-state index < -0.39 is 4.92 Å². The summed E-state index contributed by atoms with van der Waals surface area (Å²) in [5.74, 6) is 1.08. The van der Waals surface area contributed by atoms with Crippen molar-refractivity contribution in [1.82, 2.24) is 0 Å². The predicted molar refractivity (Wildman–Crippen MR) is 97.8 cm³/mol. The number of anilines is 2. The molecule has 0 spiro atoms. The number of nitro benzene ring substituents is 1. The summed E-state index contributed by atoms with van der Waals surface area (Å²) in [4.78, 5) is 10.2. The fraction of sp³-hybridized carbons (Fsp3) is 0.0526. The molecule has 0 amide bonds. The number of nitro groups is 1. The number of ether oxygens (including phenoxy) is 1. The third-order valence-electron chi connectivity index (χ3n) is 3.63. The number of hydrogen-bond acceptors (Lipinski definition) is 5. The first-order valence-electron chi connectivity index (χ1n) is 7.71. The summed E-state index contributed by atoms with van der Waals surface area (Å²) in [5.41, 5.74) is 7.77. The summed E-state index contributed by atoms with van der Waals surface area (Å²) in [5, 5.41) is 14.1. The number of benzene rings is 3. The van der Waals surface area contributed by atoms with Gasteiger partial charge in [0.25, 0.3) is 5.69 Å². The van der Waals surface area contributed by atoms with Crippen LogP contribution in [0.5, 0.6) is 11.5 Å². The lowest BCUT2D eigenvalue weighted by Gasteiger charge is -2.09. The Morgan fingerprint density at radius 1 is 0.960 bits per heavy atom. The first-order chi connectivity index (χ1) is 12.1. The van der Waals surface area contributed by atoms with Crippen LogP contribution in [0.1, 0.15) is 5.56 Å². The van der Waals surface area contributed by atoms with Crippen molar-refractivity contribution in [1.29, 1.82) is 0 Å². The molecule has 0 atom stereocenters. The maximum Gasteiger partial charge on any atom is 0.292 e. The molecular weight excluding hydrogens is 318 g/mol. The molecule has 3 N–H and O–H groups in total. The normalized spacial score (nSPS) is 10.2. The second-order valence-electron chi connectivity index (χ2n) is 5.44. The predicted octanol–water partition coefficient (Wildman–Crippen LogP) is 4.58. The quantitative estimate of drug-likeness (QED) is 0.391. The molecule has 0 heterocycles. The molecule has 0 aliphatic rings. The number of nitrogens with two attached hydrogens (primary N) is 1. The Morgan fingerprint density at radius 3 is 2.28 bits per heavy atom. The Hall–Kier alpha value is -3.54. The number of rotatable bonds is 6. The van der Waals surface area contributed by atoms with E-state index in [4.69, 9.17) is 10.5 Å². The number of hydrogen-bond donors (Lipinski definition) is 2.